The van der Waals surface area contributed by atoms with E-state index in [2.05, 4.69) is 0 Å². The molecule has 0 heterocycles. The van der Waals surface area contributed by atoms with Gasteiger partial charge in [-0.15, -0.1) is 0 Å². The number of hydrogen-bond acceptors (Lipinski definition) is 2. The van der Waals surface area contributed by atoms with Gasteiger partial charge in [0.15, 0.2) is 0 Å². The highest BCUT2D eigenvalue weighted by Crippen LogP contribution is 2.33. The SMILES string of the molecule is Cc1ccc(Sc2c(F)cccc2CO)cc1C. The van der Waals surface area contributed by atoms with Crippen molar-refractivity contribution >= 4 is 11.8 Å². The van der Waals surface area contributed by atoms with Gasteiger partial charge in [0.2, 0.25) is 0 Å². The first-order valence-electron chi connectivity index (χ1n) is 5.75. The maximum absolute atomic E-state index is 13.8. The van der Waals surface area contributed by atoms with Crippen molar-refractivity contribution < 1.29 is 9.50 Å². The average molecular weight is 262 g/mol. The Morgan fingerprint density at radius 1 is 1.11 bits per heavy atom. The second-order valence-corrected chi connectivity index (χ2v) is 5.32. The van der Waals surface area contributed by atoms with Crippen molar-refractivity contribution in [3.05, 3.63) is 58.9 Å². The molecule has 1 N–H and O–H groups in total. The van der Waals surface area contributed by atoms with E-state index in [4.69, 9.17) is 0 Å². The van der Waals surface area contributed by atoms with Crippen molar-refractivity contribution in [3.8, 4) is 0 Å². The third-order valence-corrected chi connectivity index (χ3v) is 4.07. The minimum atomic E-state index is -0.287. The number of benzene rings is 2. The quantitative estimate of drug-likeness (QED) is 0.899. The minimum absolute atomic E-state index is 0.148. The highest BCUT2D eigenvalue weighted by atomic mass is 32.2. The number of aliphatic hydroxyl groups is 1. The number of aryl methyl sites for hydroxylation is 2. The van der Waals surface area contributed by atoms with E-state index in [0.717, 1.165) is 4.90 Å². The van der Waals surface area contributed by atoms with Crippen LogP contribution in [0, 0.1) is 19.7 Å². The zero-order valence-electron chi connectivity index (χ0n) is 10.4. The van der Waals surface area contributed by atoms with Crippen LogP contribution in [0.25, 0.3) is 0 Å². The lowest BCUT2D eigenvalue weighted by molar-refractivity contribution is 0.277. The third kappa shape index (κ3) is 2.74. The molecule has 1 nitrogen and oxygen atoms in total. The predicted octanol–water partition coefficient (Wildman–Crippen LogP) is 4.09. The summed E-state index contributed by atoms with van der Waals surface area (Å²) in [5.74, 6) is -0.287. The second kappa shape index (κ2) is 5.55. The summed E-state index contributed by atoms with van der Waals surface area (Å²) >= 11 is 1.35. The molecular formula is C15H15FOS. The van der Waals surface area contributed by atoms with Crippen molar-refractivity contribution in [2.75, 3.05) is 0 Å². The Kier molecular flexibility index (Phi) is 4.04. The van der Waals surface area contributed by atoms with Gasteiger partial charge in [0.1, 0.15) is 5.82 Å². The summed E-state index contributed by atoms with van der Waals surface area (Å²) in [7, 11) is 0. The Bertz CT molecular complexity index is 566. The lowest BCUT2D eigenvalue weighted by atomic mass is 10.1. The van der Waals surface area contributed by atoms with E-state index < -0.39 is 0 Å². The van der Waals surface area contributed by atoms with E-state index in [0.29, 0.717) is 10.5 Å². The van der Waals surface area contributed by atoms with Crippen LogP contribution in [0.4, 0.5) is 4.39 Å². The average Bonchev–Trinajstić information content (AvgIpc) is 2.36. The fourth-order valence-corrected chi connectivity index (χ4v) is 2.72. The largest absolute Gasteiger partial charge is 0.392 e. The predicted molar refractivity (Wildman–Crippen MR) is 72.4 cm³/mol. The van der Waals surface area contributed by atoms with Gasteiger partial charge in [-0.2, -0.15) is 0 Å². The summed E-state index contributed by atoms with van der Waals surface area (Å²) in [4.78, 5) is 1.49. The van der Waals surface area contributed by atoms with Gasteiger partial charge >= 0.3 is 0 Å². The van der Waals surface area contributed by atoms with Crippen LogP contribution < -0.4 is 0 Å². The molecule has 0 aromatic heterocycles. The lowest BCUT2D eigenvalue weighted by Crippen LogP contribution is -1.91. The molecular weight excluding hydrogens is 247 g/mol. The maximum Gasteiger partial charge on any atom is 0.137 e. The summed E-state index contributed by atoms with van der Waals surface area (Å²) in [5, 5.41) is 9.24. The Labute approximate surface area is 111 Å². The molecule has 0 saturated carbocycles. The monoisotopic (exact) mass is 262 g/mol. The van der Waals surface area contributed by atoms with Gasteiger partial charge in [-0.05, 0) is 48.7 Å². The summed E-state index contributed by atoms with van der Waals surface area (Å²) < 4.78 is 13.8. The highest BCUT2D eigenvalue weighted by molar-refractivity contribution is 7.99. The minimum Gasteiger partial charge on any atom is -0.392 e. The van der Waals surface area contributed by atoms with Gasteiger partial charge in [-0.25, -0.2) is 4.39 Å². The Balaban J connectivity index is 2.36. The second-order valence-electron chi connectivity index (χ2n) is 4.23. The van der Waals surface area contributed by atoms with Gasteiger partial charge in [0.05, 0.1) is 11.5 Å². The van der Waals surface area contributed by atoms with Crippen LogP contribution in [-0.4, -0.2) is 5.11 Å². The smallest absolute Gasteiger partial charge is 0.137 e. The van der Waals surface area contributed by atoms with Crippen LogP contribution in [-0.2, 0) is 6.61 Å². The number of rotatable bonds is 3. The van der Waals surface area contributed by atoms with Crippen molar-refractivity contribution in [1.29, 1.82) is 0 Å². The fraction of sp³-hybridized carbons (Fsp3) is 0.200. The normalized spacial score (nSPS) is 10.7. The summed E-state index contributed by atoms with van der Waals surface area (Å²) in [6.07, 6.45) is 0. The molecule has 3 heteroatoms. The van der Waals surface area contributed by atoms with Crippen LogP contribution in [0.2, 0.25) is 0 Å². The van der Waals surface area contributed by atoms with E-state index in [9.17, 15) is 9.50 Å². The fourth-order valence-electron chi connectivity index (χ4n) is 1.69. The van der Waals surface area contributed by atoms with Gasteiger partial charge in [0, 0.05) is 4.90 Å². The van der Waals surface area contributed by atoms with Gasteiger partial charge < -0.3 is 5.11 Å². The molecule has 0 aliphatic carbocycles. The lowest BCUT2D eigenvalue weighted by Gasteiger charge is -2.09. The van der Waals surface area contributed by atoms with Gasteiger partial charge in [-0.1, -0.05) is 30.0 Å². The molecule has 2 aromatic rings. The van der Waals surface area contributed by atoms with Crippen LogP contribution in [0.5, 0.6) is 0 Å². The zero-order chi connectivity index (χ0) is 13.1. The third-order valence-electron chi connectivity index (χ3n) is 2.92. The molecule has 2 aromatic carbocycles. The topological polar surface area (TPSA) is 20.2 Å². The van der Waals surface area contributed by atoms with Crippen molar-refractivity contribution in [3.63, 3.8) is 0 Å². The van der Waals surface area contributed by atoms with Gasteiger partial charge in [-0.3, -0.25) is 0 Å². The zero-order valence-corrected chi connectivity index (χ0v) is 11.2. The van der Waals surface area contributed by atoms with E-state index in [1.165, 1.54) is 29.0 Å². The van der Waals surface area contributed by atoms with E-state index in [1.807, 2.05) is 32.0 Å². The Morgan fingerprint density at radius 3 is 2.56 bits per heavy atom. The molecule has 0 radical (unpaired) electrons. The van der Waals surface area contributed by atoms with Crippen molar-refractivity contribution in [1.82, 2.24) is 0 Å². The molecule has 0 atom stereocenters. The van der Waals surface area contributed by atoms with Crippen LogP contribution in [0.3, 0.4) is 0 Å². The molecule has 0 aliphatic rings. The standard InChI is InChI=1S/C15H15FOS/c1-10-6-7-13(8-11(10)2)18-15-12(9-17)4-3-5-14(15)16/h3-8,17H,9H2,1-2H3. The first kappa shape index (κ1) is 13.1. The number of aliphatic hydroxyl groups excluding tert-OH is 1. The van der Waals surface area contributed by atoms with E-state index in [1.54, 1.807) is 12.1 Å². The molecule has 2 rings (SSSR count). The number of halogens is 1. The van der Waals surface area contributed by atoms with E-state index >= 15 is 0 Å². The van der Waals surface area contributed by atoms with Crippen LogP contribution in [0.1, 0.15) is 16.7 Å². The van der Waals surface area contributed by atoms with Crippen molar-refractivity contribution in [2.24, 2.45) is 0 Å². The highest BCUT2D eigenvalue weighted by Gasteiger charge is 2.09. The molecule has 0 aliphatic heterocycles. The molecule has 0 spiro atoms. The summed E-state index contributed by atoms with van der Waals surface area (Å²) in [6.45, 7) is 3.94. The molecule has 0 amide bonds. The van der Waals surface area contributed by atoms with Crippen LogP contribution in [0.15, 0.2) is 46.2 Å². The van der Waals surface area contributed by atoms with Gasteiger partial charge in [0.25, 0.3) is 0 Å². The van der Waals surface area contributed by atoms with Crippen LogP contribution >= 0.6 is 11.8 Å². The molecule has 0 saturated heterocycles. The van der Waals surface area contributed by atoms with Crippen molar-refractivity contribution in [2.45, 2.75) is 30.2 Å². The maximum atomic E-state index is 13.8. The first-order chi connectivity index (χ1) is 8.61. The molecule has 0 unspecified atom stereocenters. The Hall–Kier alpha value is -1.32. The molecule has 0 fully saturated rings. The molecule has 18 heavy (non-hydrogen) atoms. The summed E-state index contributed by atoms with van der Waals surface area (Å²) in [6, 6.07) is 10.8. The van der Waals surface area contributed by atoms with E-state index in [-0.39, 0.29) is 12.4 Å². The Morgan fingerprint density at radius 2 is 1.89 bits per heavy atom. The first-order valence-corrected chi connectivity index (χ1v) is 6.57. The number of hydrogen-bond donors (Lipinski definition) is 1. The molecule has 0 bridgehead atoms. The molecule has 94 valence electrons. The summed E-state index contributed by atoms with van der Waals surface area (Å²) in [5.41, 5.74) is 3.02.